The number of carbonyl (C=O) groups is 1. The van der Waals surface area contributed by atoms with Crippen LogP contribution in [0.2, 0.25) is 0 Å². The fraction of sp³-hybridized carbons (Fsp3) is 0.235. The first-order valence-corrected chi connectivity index (χ1v) is 6.38. The van der Waals surface area contributed by atoms with Crippen LogP contribution in [0.1, 0.15) is 34.0 Å². The average molecular weight is 252 g/mol. The van der Waals surface area contributed by atoms with Gasteiger partial charge in [0, 0.05) is 5.56 Å². The minimum Gasteiger partial charge on any atom is -0.496 e. The number of methoxy groups -OCH3 is 1. The van der Waals surface area contributed by atoms with Crippen molar-refractivity contribution in [2.24, 2.45) is 0 Å². The molecule has 1 aliphatic rings. The van der Waals surface area contributed by atoms with Crippen LogP contribution in [0.5, 0.6) is 5.75 Å². The smallest absolute Gasteiger partial charge is 0.177 e. The Morgan fingerprint density at radius 1 is 1.11 bits per heavy atom. The predicted molar refractivity (Wildman–Crippen MR) is 75.0 cm³/mol. The summed E-state index contributed by atoms with van der Waals surface area (Å²) in [6.07, 6.45) is 0. The van der Waals surface area contributed by atoms with E-state index in [0.717, 1.165) is 28.0 Å². The molecule has 0 saturated carbocycles. The third-order valence-electron chi connectivity index (χ3n) is 4.14. The van der Waals surface area contributed by atoms with Gasteiger partial charge in [-0.2, -0.15) is 0 Å². The Kier molecular flexibility index (Phi) is 2.49. The SMILES string of the molecule is COc1ccc(C2(C)C(=O)c3ccccc32)cc1C. The van der Waals surface area contributed by atoms with E-state index < -0.39 is 5.41 Å². The standard InChI is InChI=1S/C17H16O2/c1-11-10-12(8-9-15(11)19-3)17(2)14-7-5-4-6-13(14)16(17)18/h4-10H,1-3H3. The lowest BCUT2D eigenvalue weighted by atomic mass is 9.60. The highest BCUT2D eigenvalue weighted by atomic mass is 16.5. The van der Waals surface area contributed by atoms with Crippen LogP contribution >= 0.6 is 0 Å². The van der Waals surface area contributed by atoms with Crippen molar-refractivity contribution in [3.8, 4) is 5.75 Å². The van der Waals surface area contributed by atoms with Crippen LogP contribution in [0, 0.1) is 6.92 Å². The molecule has 0 radical (unpaired) electrons. The molecule has 0 aromatic heterocycles. The number of carbonyl (C=O) groups excluding carboxylic acids is 1. The first-order chi connectivity index (χ1) is 9.09. The normalized spacial score (nSPS) is 20.7. The highest BCUT2D eigenvalue weighted by Gasteiger charge is 2.48. The third kappa shape index (κ3) is 1.46. The fourth-order valence-electron chi connectivity index (χ4n) is 2.92. The van der Waals surface area contributed by atoms with E-state index in [0.29, 0.717) is 0 Å². The number of fused-ring (bicyclic) bond motifs is 1. The molecule has 1 aliphatic carbocycles. The number of aryl methyl sites for hydroxylation is 1. The van der Waals surface area contributed by atoms with Gasteiger partial charge in [0.05, 0.1) is 12.5 Å². The molecule has 0 saturated heterocycles. The Bertz CT molecular complexity index is 673. The molecule has 0 aliphatic heterocycles. The molecule has 1 unspecified atom stereocenters. The van der Waals surface area contributed by atoms with Gasteiger partial charge in [-0.1, -0.05) is 36.4 Å². The van der Waals surface area contributed by atoms with Crippen LogP contribution in [0.4, 0.5) is 0 Å². The topological polar surface area (TPSA) is 26.3 Å². The Morgan fingerprint density at radius 3 is 2.53 bits per heavy atom. The molecule has 96 valence electrons. The lowest BCUT2D eigenvalue weighted by Gasteiger charge is -2.39. The minimum absolute atomic E-state index is 0.202. The zero-order valence-electron chi connectivity index (χ0n) is 11.4. The van der Waals surface area contributed by atoms with Gasteiger partial charge in [0.25, 0.3) is 0 Å². The molecule has 0 amide bonds. The van der Waals surface area contributed by atoms with E-state index in [1.807, 2.05) is 56.3 Å². The highest BCUT2D eigenvalue weighted by molar-refractivity contribution is 6.15. The first kappa shape index (κ1) is 12.0. The van der Waals surface area contributed by atoms with E-state index in [2.05, 4.69) is 0 Å². The maximum Gasteiger partial charge on any atom is 0.177 e. The molecule has 1 atom stereocenters. The van der Waals surface area contributed by atoms with E-state index in [4.69, 9.17) is 4.74 Å². The Labute approximate surface area is 113 Å². The number of ether oxygens (including phenoxy) is 1. The molecular weight excluding hydrogens is 236 g/mol. The van der Waals surface area contributed by atoms with Crippen molar-refractivity contribution in [2.75, 3.05) is 7.11 Å². The van der Waals surface area contributed by atoms with Gasteiger partial charge < -0.3 is 4.74 Å². The van der Waals surface area contributed by atoms with E-state index in [9.17, 15) is 4.79 Å². The van der Waals surface area contributed by atoms with Gasteiger partial charge in [0.1, 0.15) is 5.75 Å². The molecule has 3 rings (SSSR count). The monoisotopic (exact) mass is 252 g/mol. The summed E-state index contributed by atoms with van der Waals surface area (Å²) in [6.45, 7) is 4.00. The number of Topliss-reactive ketones (excluding diaryl/α,β-unsaturated/α-hetero) is 1. The van der Waals surface area contributed by atoms with E-state index in [-0.39, 0.29) is 5.78 Å². The summed E-state index contributed by atoms with van der Waals surface area (Å²) in [7, 11) is 1.66. The zero-order chi connectivity index (χ0) is 13.6. The lowest BCUT2D eigenvalue weighted by Crippen LogP contribution is -2.44. The van der Waals surface area contributed by atoms with Crippen molar-refractivity contribution < 1.29 is 9.53 Å². The largest absolute Gasteiger partial charge is 0.496 e. The Balaban J connectivity index is 2.13. The van der Waals surface area contributed by atoms with Gasteiger partial charge in [-0.15, -0.1) is 0 Å². The molecule has 0 bridgehead atoms. The molecule has 2 aromatic rings. The number of rotatable bonds is 2. The molecule has 2 heteroatoms. The predicted octanol–water partition coefficient (Wildman–Crippen LogP) is 3.51. The summed E-state index contributed by atoms with van der Waals surface area (Å²) < 4.78 is 5.28. The van der Waals surface area contributed by atoms with Crippen molar-refractivity contribution >= 4 is 5.78 Å². The van der Waals surface area contributed by atoms with Crippen LogP contribution in [-0.2, 0) is 5.41 Å². The lowest BCUT2D eigenvalue weighted by molar-refractivity contribution is 0.0882. The fourth-order valence-corrected chi connectivity index (χ4v) is 2.92. The van der Waals surface area contributed by atoms with Crippen molar-refractivity contribution in [3.05, 3.63) is 64.7 Å². The number of ketones is 1. The molecule has 0 spiro atoms. The van der Waals surface area contributed by atoms with Gasteiger partial charge in [0.15, 0.2) is 5.78 Å². The van der Waals surface area contributed by atoms with E-state index >= 15 is 0 Å². The molecule has 0 heterocycles. The Morgan fingerprint density at radius 2 is 1.84 bits per heavy atom. The summed E-state index contributed by atoms with van der Waals surface area (Å²) in [5.41, 5.74) is 3.55. The van der Waals surface area contributed by atoms with Crippen LogP contribution < -0.4 is 4.74 Å². The van der Waals surface area contributed by atoms with Crippen molar-refractivity contribution in [1.29, 1.82) is 0 Å². The van der Waals surface area contributed by atoms with Gasteiger partial charge in [-0.3, -0.25) is 4.79 Å². The van der Waals surface area contributed by atoms with Crippen molar-refractivity contribution in [1.82, 2.24) is 0 Å². The van der Waals surface area contributed by atoms with Crippen molar-refractivity contribution in [2.45, 2.75) is 19.3 Å². The number of hydrogen-bond acceptors (Lipinski definition) is 2. The van der Waals surface area contributed by atoms with Gasteiger partial charge in [-0.05, 0) is 36.6 Å². The molecule has 0 N–H and O–H groups in total. The summed E-state index contributed by atoms with van der Waals surface area (Å²) in [5.74, 6) is 1.06. The summed E-state index contributed by atoms with van der Waals surface area (Å²) >= 11 is 0. The van der Waals surface area contributed by atoms with E-state index in [1.54, 1.807) is 7.11 Å². The van der Waals surface area contributed by atoms with Gasteiger partial charge in [-0.25, -0.2) is 0 Å². The second-order valence-corrected chi connectivity index (χ2v) is 5.18. The molecule has 19 heavy (non-hydrogen) atoms. The minimum atomic E-state index is -0.506. The van der Waals surface area contributed by atoms with Crippen LogP contribution in [0.15, 0.2) is 42.5 Å². The van der Waals surface area contributed by atoms with E-state index in [1.165, 1.54) is 0 Å². The highest BCUT2D eigenvalue weighted by Crippen LogP contribution is 2.46. The molecule has 2 aromatic carbocycles. The second kappa shape index (κ2) is 3.95. The number of benzene rings is 2. The quantitative estimate of drug-likeness (QED) is 0.817. The maximum atomic E-state index is 12.4. The first-order valence-electron chi connectivity index (χ1n) is 6.38. The van der Waals surface area contributed by atoms with Crippen LogP contribution in [0.25, 0.3) is 0 Å². The zero-order valence-corrected chi connectivity index (χ0v) is 11.4. The van der Waals surface area contributed by atoms with Crippen molar-refractivity contribution in [3.63, 3.8) is 0 Å². The maximum absolute atomic E-state index is 12.4. The summed E-state index contributed by atoms with van der Waals surface area (Å²) in [6, 6.07) is 13.8. The van der Waals surface area contributed by atoms with Gasteiger partial charge in [0.2, 0.25) is 0 Å². The molecule has 0 fully saturated rings. The molecular formula is C17H16O2. The summed E-state index contributed by atoms with van der Waals surface area (Å²) in [5, 5.41) is 0. The summed E-state index contributed by atoms with van der Waals surface area (Å²) in [4.78, 5) is 12.4. The number of hydrogen-bond donors (Lipinski definition) is 0. The van der Waals surface area contributed by atoms with Crippen LogP contribution in [0.3, 0.4) is 0 Å². The third-order valence-corrected chi connectivity index (χ3v) is 4.14. The molecule has 2 nitrogen and oxygen atoms in total. The average Bonchev–Trinajstić information content (AvgIpc) is 2.45. The Hall–Kier alpha value is -2.09. The van der Waals surface area contributed by atoms with Crippen LogP contribution in [-0.4, -0.2) is 12.9 Å². The second-order valence-electron chi connectivity index (χ2n) is 5.18. The van der Waals surface area contributed by atoms with Gasteiger partial charge >= 0.3 is 0 Å².